The molecule has 140 valence electrons. The van der Waals surface area contributed by atoms with Gasteiger partial charge >= 0.3 is 5.76 Å². The van der Waals surface area contributed by atoms with E-state index in [-0.39, 0.29) is 18.3 Å². The topological polar surface area (TPSA) is 95.6 Å². The van der Waals surface area contributed by atoms with Gasteiger partial charge in [0.05, 0.1) is 4.88 Å². The predicted molar refractivity (Wildman–Crippen MR) is 98.2 cm³/mol. The third kappa shape index (κ3) is 4.03. The number of benzene rings is 1. The van der Waals surface area contributed by atoms with Crippen molar-refractivity contribution < 1.29 is 18.7 Å². The van der Waals surface area contributed by atoms with Gasteiger partial charge in [0.15, 0.2) is 11.5 Å². The van der Waals surface area contributed by atoms with E-state index in [1.54, 1.807) is 6.07 Å². The zero-order chi connectivity index (χ0) is 18.6. The minimum absolute atomic E-state index is 0.186. The fourth-order valence-corrected chi connectivity index (χ4v) is 3.33. The average Bonchev–Trinajstić information content (AvgIpc) is 3.32. The summed E-state index contributed by atoms with van der Waals surface area (Å²) >= 11 is 1.41. The summed E-state index contributed by atoms with van der Waals surface area (Å²) in [7, 11) is 0. The Morgan fingerprint density at radius 2 is 2.07 bits per heavy atom. The Balaban J connectivity index is 1.31. The number of amides is 1. The van der Waals surface area contributed by atoms with Crippen LogP contribution in [-0.4, -0.2) is 35.4 Å². The normalized spacial score (nSPS) is 12.7. The van der Waals surface area contributed by atoms with Crippen molar-refractivity contribution in [2.75, 3.05) is 19.8 Å². The van der Waals surface area contributed by atoms with Crippen LogP contribution in [0.3, 0.4) is 0 Å². The Kier molecular flexibility index (Phi) is 4.93. The summed E-state index contributed by atoms with van der Waals surface area (Å²) in [4.78, 5) is 24.7. The van der Waals surface area contributed by atoms with E-state index < -0.39 is 5.76 Å². The number of nitrogens with zero attached hydrogens (tertiary/aromatic N) is 2. The molecule has 0 saturated carbocycles. The second kappa shape index (κ2) is 7.67. The van der Waals surface area contributed by atoms with Crippen LogP contribution < -0.4 is 20.5 Å². The molecular weight excluding hydrogens is 370 g/mol. The average molecular weight is 387 g/mol. The van der Waals surface area contributed by atoms with Crippen LogP contribution in [0.2, 0.25) is 0 Å². The maximum Gasteiger partial charge on any atom is 0.437 e. The molecule has 1 amide bonds. The first-order chi connectivity index (χ1) is 13.2. The highest BCUT2D eigenvalue weighted by atomic mass is 32.1. The molecule has 2 aromatic heterocycles. The van der Waals surface area contributed by atoms with Crippen LogP contribution in [0.15, 0.2) is 44.9 Å². The molecule has 1 N–H and O–H groups in total. The minimum Gasteiger partial charge on any atom is -0.486 e. The van der Waals surface area contributed by atoms with Crippen LogP contribution in [0, 0.1) is 0 Å². The first kappa shape index (κ1) is 17.3. The van der Waals surface area contributed by atoms with E-state index >= 15 is 0 Å². The molecule has 0 spiro atoms. The second-order valence-electron chi connectivity index (χ2n) is 5.89. The number of ether oxygens (including phenoxy) is 2. The van der Waals surface area contributed by atoms with Gasteiger partial charge in [-0.3, -0.25) is 4.79 Å². The molecule has 3 heterocycles. The Hall–Kier alpha value is -3.07. The van der Waals surface area contributed by atoms with Crippen LogP contribution >= 0.6 is 11.3 Å². The lowest BCUT2D eigenvalue weighted by molar-refractivity contribution is -0.121. The third-order valence-corrected chi connectivity index (χ3v) is 4.83. The van der Waals surface area contributed by atoms with Gasteiger partial charge in [-0.15, -0.1) is 16.4 Å². The number of nitrogens with one attached hydrogen (secondary N) is 1. The lowest BCUT2D eigenvalue weighted by Gasteiger charge is -2.18. The summed E-state index contributed by atoms with van der Waals surface area (Å²) in [5.41, 5.74) is 1.03. The van der Waals surface area contributed by atoms with Crippen molar-refractivity contribution in [3.05, 3.63) is 51.8 Å². The van der Waals surface area contributed by atoms with Crippen molar-refractivity contribution in [2.45, 2.75) is 13.0 Å². The van der Waals surface area contributed by atoms with Crippen LogP contribution in [0.25, 0.3) is 10.8 Å². The fourth-order valence-electron chi connectivity index (χ4n) is 2.69. The first-order valence-corrected chi connectivity index (χ1v) is 9.34. The Morgan fingerprint density at radius 3 is 2.89 bits per heavy atom. The highest BCUT2D eigenvalue weighted by Gasteiger charge is 2.14. The lowest BCUT2D eigenvalue weighted by Crippen LogP contribution is -2.32. The minimum atomic E-state index is -0.652. The maximum absolute atomic E-state index is 12.1. The van der Waals surface area contributed by atoms with Gasteiger partial charge in [0, 0.05) is 6.54 Å². The van der Waals surface area contributed by atoms with Crippen LogP contribution in [0.1, 0.15) is 5.56 Å². The van der Waals surface area contributed by atoms with Crippen molar-refractivity contribution >= 4 is 17.2 Å². The second-order valence-corrected chi connectivity index (χ2v) is 6.83. The quantitative estimate of drug-likeness (QED) is 0.692. The number of hydrogen-bond acceptors (Lipinski definition) is 7. The third-order valence-electron chi connectivity index (χ3n) is 3.97. The summed E-state index contributed by atoms with van der Waals surface area (Å²) in [6.45, 7) is 1.34. The summed E-state index contributed by atoms with van der Waals surface area (Å²) < 4.78 is 17.1. The molecule has 1 aromatic carbocycles. The molecule has 0 saturated heterocycles. The van der Waals surface area contributed by atoms with E-state index in [1.807, 2.05) is 29.6 Å². The molecule has 3 aromatic rings. The van der Waals surface area contributed by atoms with Gasteiger partial charge in [0.25, 0.3) is 5.89 Å². The lowest BCUT2D eigenvalue weighted by atomic mass is 10.1. The first-order valence-electron chi connectivity index (χ1n) is 8.46. The van der Waals surface area contributed by atoms with Gasteiger partial charge in [-0.2, -0.15) is 4.68 Å². The molecule has 0 fully saturated rings. The summed E-state index contributed by atoms with van der Waals surface area (Å²) in [6, 6.07) is 9.36. The number of thiophene rings is 1. The molecule has 8 nitrogen and oxygen atoms in total. The Bertz CT molecular complexity index is 993. The molecule has 4 rings (SSSR count). The van der Waals surface area contributed by atoms with Gasteiger partial charge < -0.3 is 19.2 Å². The standard InChI is InChI=1S/C18H17N3O5S/c22-16(11-21-18(23)26-17(20-21)15-2-1-9-27-15)19-6-5-12-3-4-13-14(10-12)25-8-7-24-13/h1-4,9-10H,5-8,11H2,(H,19,22). The summed E-state index contributed by atoms with van der Waals surface area (Å²) in [5.74, 6) is 0.724. The molecular formula is C18H17N3O5S. The molecule has 0 atom stereocenters. The summed E-state index contributed by atoms with van der Waals surface area (Å²) in [6.07, 6.45) is 0.635. The molecule has 1 aliphatic heterocycles. The molecule has 0 unspecified atom stereocenters. The van der Waals surface area contributed by atoms with Gasteiger partial charge in [0.2, 0.25) is 5.91 Å². The predicted octanol–water partition coefficient (Wildman–Crippen LogP) is 1.69. The van der Waals surface area contributed by atoms with Crippen molar-refractivity contribution in [1.29, 1.82) is 0 Å². The number of carbonyl (C=O) groups is 1. The molecule has 9 heteroatoms. The SMILES string of the molecule is O=C(Cn1nc(-c2cccs2)oc1=O)NCCc1ccc2c(c1)OCCO2. The highest BCUT2D eigenvalue weighted by Crippen LogP contribution is 2.30. The largest absolute Gasteiger partial charge is 0.486 e. The van der Waals surface area contributed by atoms with Crippen LogP contribution in [0.4, 0.5) is 0 Å². The molecule has 0 aliphatic carbocycles. The van der Waals surface area contributed by atoms with E-state index in [9.17, 15) is 9.59 Å². The van der Waals surface area contributed by atoms with Crippen molar-refractivity contribution in [3.8, 4) is 22.3 Å². The van der Waals surface area contributed by atoms with E-state index in [0.717, 1.165) is 26.6 Å². The number of carbonyl (C=O) groups excluding carboxylic acids is 1. The van der Waals surface area contributed by atoms with Crippen LogP contribution in [0.5, 0.6) is 11.5 Å². The zero-order valence-electron chi connectivity index (χ0n) is 14.3. The highest BCUT2D eigenvalue weighted by molar-refractivity contribution is 7.13. The van der Waals surface area contributed by atoms with E-state index in [4.69, 9.17) is 13.9 Å². The Labute approximate surface area is 158 Å². The number of hydrogen-bond donors (Lipinski definition) is 1. The van der Waals surface area contributed by atoms with Gasteiger partial charge in [0.1, 0.15) is 19.8 Å². The maximum atomic E-state index is 12.1. The summed E-state index contributed by atoms with van der Waals surface area (Å²) in [5, 5.41) is 8.70. The van der Waals surface area contributed by atoms with Gasteiger partial charge in [-0.05, 0) is 35.6 Å². The van der Waals surface area contributed by atoms with Gasteiger partial charge in [-0.1, -0.05) is 12.1 Å². The zero-order valence-corrected chi connectivity index (χ0v) is 15.2. The Morgan fingerprint density at radius 1 is 1.22 bits per heavy atom. The monoisotopic (exact) mass is 387 g/mol. The number of aromatic nitrogens is 2. The number of fused-ring (bicyclic) bond motifs is 1. The molecule has 0 bridgehead atoms. The number of rotatable bonds is 6. The molecule has 27 heavy (non-hydrogen) atoms. The van der Waals surface area contributed by atoms with Crippen molar-refractivity contribution in [3.63, 3.8) is 0 Å². The van der Waals surface area contributed by atoms with E-state index in [2.05, 4.69) is 10.4 Å². The van der Waals surface area contributed by atoms with E-state index in [1.165, 1.54) is 11.3 Å². The molecule has 0 radical (unpaired) electrons. The fraction of sp³-hybridized carbons (Fsp3) is 0.278. The van der Waals surface area contributed by atoms with E-state index in [0.29, 0.717) is 26.2 Å². The van der Waals surface area contributed by atoms with Gasteiger partial charge in [-0.25, -0.2) is 4.79 Å². The smallest absolute Gasteiger partial charge is 0.437 e. The van der Waals surface area contributed by atoms with Crippen LogP contribution in [-0.2, 0) is 17.8 Å². The van der Waals surface area contributed by atoms with Crippen molar-refractivity contribution in [2.24, 2.45) is 0 Å². The molecule has 1 aliphatic rings. The van der Waals surface area contributed by atoms with Crippen molar-refractivity contribution in [1.82, 2.24) is 15.1 Å².